The van der Waals surface area contributed by atoms with Gasteiger partial charge in [-0.15, -0.1) is 5.10 Å². The highest BCUT2D eigenvalue weighted by Gasteiger charge is 2.24. The van der Waals surface area contributed by atoms with Crippen LogP contribution in [0.5, 0.6) is 0 Å². The zero-order valence-corrected chi connectivity index (χ0v) is 17.9. The fraction of sp³-hybridized carbons (Fsp3) is 0.278. The third-order valence-electron chi connectivity index (χ3n) is 4.67. The van der Waals surface area contributed by atoms with E-state index >= 15 is 0 Å². The molecule has 1 atom stereocenters. The first kappa shape index (κ1) is 18.4. The van der Waals surface area contributed by atoms with E-state index < -0.39 is 6.04 Å². The number of rotatable bonds is 3. The predicted octanol–water partition coefficient (Wildman–Crippen LogP) is 2.08. The maximum absolute atomic E-state index is 12.4. The van der Waals surface area contributed by atoms with Gasteiger partial charge < -0.3 is 10.6 Å². The van der Waals surface area contributed by atoms with Crippen LogP contribution >= 0.6 is 27.7 Å². The molecule has 9 nitrogen and oxygen atoms in total. The van der Waals surface area contributed by atoms with Crippen molar-refractivity contribution in [3.63, 3.8) is 0 Å². The van der Waals surface area contributed by atoms with Gasteiger partial charge in [0.1, 0.15) is 6.04 Å². The Labute approximate surface area is 178 Å². The number of aromatic nitrogens is 6. The highest BCUT2D eigenvalue weighted by atomic mass is 79.9. The van der Waals surface area contributed by atoms with Gasteiger partial charge in [0.05, 0.1) is 17.3 Å². The lowest BCUT2D eigenvalue weighted by Crippen LogP contribution is -2.40. The number of thioether (sulfide) groups is 1. The van der Waals surface area contributed by atoms with Crippen molar-refractivity contribution < 1.29 is 4.79 Å². The Morgan fingerprint density at radius 3 is 3.07 bits per heavy atom. The summed E-state index contributed by atoms with van der Waals surface area (Å²) >= 11 is 5.30. The summed E-state index contributed by atoms with van der Waals surface area (Å²) in [4.78, 5) is 21.9. The summed E-state index contributed by atoms with van der Waals surface area (Å²) in [6.07, 6.45) is 3.59. The van der Waals surface area contributed by atoms with Crippen molar-refractivity contribution in [3.8, 4) is 11.4 Å². The summed E-state index contributed by atoms with van der Waals surface area (Å²) in [5.41, 5.74) is 2.24. The van der Waals surface area contributed by atoms with Gasteiger partial charge in [0.15, 0.2) is 11.5 Å². The number of carbonyl (C=O) groups excluding carboxylic acids is 1. The Morgan fingerprint density at radius 1 is 1.34 bits per heavy atom. The fourth-order valence-corrected chi connectivity index (χ4v) is 4.60. The number of para-hydroxylation sites is 1. The van der Waals surface area contributed by atoms with E-state index in [0.29, 0.717) is 29.7 Å². The van der Waals surface area contributed by atoms with Gasteiger partial charge in [-0.1, -0.05) is 6.07 Å². The lowest BCUT2D eigenvalue weighted by Gasteiger charge is -2.16. The van der Waals surface area contributed by atoms with E-state index in [0.717, 1.165) is 26.7 Å². The molecule has 0 radical (unpaired) electrons. The second-order valence-electron chi connectivity index (χ2n) is 6.71. The van der Waals surface area contributed by atoms with Gasteiger partial charge in [0, 0.05) is 41.2 Å². The summed E-state index contributed by atoms with van der Waals surface area (Å²) in [6, 6.07) is 5.43. The molecular weight excluding hydrogens is 456 g/mol. The molecule has 4 heterocycles. The second-order valence-corrected chi connectivity index (χ2v) is 8.71. The molecule has 2 N–H and O–H groups in total. The van der Waals surface area contributed by atoms with Crippen molar-refractivity contribution in [2.24, 2.45) is 7.05 Å². The van der Waals surface area contributed by atoms with Gasteiger partial charge in [-0.3, -0.25) is 9.48 Å². The molecule has 29 heavy (non-hydrogen) atoms. The number of anilines is 1. The molecule has 0 saturated carbocycles. The Kier molecular flexibility index (Phi) is 4.63. The van der Waals surface area contributed by atoms with E-state index in [1.807, 2.05) is 31.4 Å². The number of benzene rings is 1. The van der Waals surface area contributed by atoms with Crippen LogP contribution in [0, 0.1) is 0 Å². The third-order valence-corrected chi connectivity index (χ3v) is 6.37. The monoisotopic (exact) mass is 472 g/mol. The van der Waals surface area contributed by atoms with E-state index in [4.69, 9.17) is 9.97 Å². The van der Waals surface area contributed by atoms with Crippen LogP contribution in [0.4, 0.5) is 5.95 Å². The first-order chi connectivity index (χ1) is 14.1. The average molecular weight is 473 g/mol. The van der Waals surface area contributed by atoms with Crippen molar-refractivity contribution in [2.75, 3.05) is 23.4 Å². The highest BCUT2D eigenvalue weighted by molar-refractivity contribution is 9.10. The quantitative estimate of drug-likeness (QED) is 0.470. The Bertz CT molecular complexity index is 1240. The Hall–Kier alpha value is -2.66. The fourth-order valence-electron chi connectivity index (χ4n) is 3.26. The average Bonchev–Trinajstić information content (AvgIpc) is 3.29. The first-order valence-corrected chi connectivity index (χ1v) is 11.0. The number of nitrogens with one attached hydrogen (secondary N) is 2. The highest BCUT2D eigenvalue weighted by Crippen LogP contribution is 2.29. The maximum atomic E-state index is 12.4. The molecule has 0 unspecified atom stereocenters. The molecule has 11 heteroatoms. The zero-order valence-electron chi connectivity index (χ0n) is 15.5. The third kappa shape index (κ3) is 3.33. The van der Waals surface area contributed by atoms with Gasteiger partial charge in [0.25, 0.3) is 0 Å². The molecule has 0 spiro atoms. The van der Waals surface area contributed by atoms with Crippen molar-refractivity contribution in [2.45, 2.75) is 6.04 Å². The zero-order chi connectivity index (χ0) is 20.0. The van der Waals surface area contributed by atoms with Crippen molar-refractivity contribution in [1.82, 2.24) is 34.7 Å². The van der Waals surface area contributed by atoms with Crippen molar-refractivity contribution in [1.29, 1.82) is 0 Å². The molecule has 0 aliphatic carbocycles. The number of carbonyl (C=O) groups is 1. The molecule has 1 aliphatic rings. The lowest BCUT2D eigenvalue weighted by atomic mass is 10.2. The topological polar surface area (TPSA) is 102 Å². The molecule has 148 valence electrons. The van der Waals surface area contributed by atoms with Crippen molar-refractivity contribution >= 4 is 56.1 Å². The first-order valence-electron chi connectivity index (χ1n) is 9.06. The van der Waals surface area contributed by atoms with Gasteiger partial charge in [-0.2, -0.15) is 21.4 Å². The Balaban J connectivity index is 1.69. The van der Waals surface area contributed by atoms with Gasteiger partial charge in [0.2, 0.25) is 11.9 Å². The number of amides is 1. The van der Waals surface area contributed by atoms with Crippen LogP contribution in [0.3, 0.4) is 0 Å². The van der Waals surface area contributed by atoms with Gasteiger partial charge in [-0.25, -0.2) is 9.97 Å². The van der Waals surface area contributed by atoms with E-state index in [9.17, 15) is 4.79 Å². The molecule has 0 bridgehead atoms. The van der Waals surface area contributed by atoms with Gasteiger partial charge >= 0.3 is 0 Å². The van der Waals surface area contributed by atoms with E-state index in [2.05, 4.69) is 36.8 Å². The van der Waals surface area contributed by atoms with Crippen LogP contribution in [0.1, 0.15) is 0 Å². The van der Waals surface area contributed by atoms with Gasteiger partial charge in [-0.05, 0) is 28.1 Å². The molecular formula is C18H17BrN8OS. The Morgan fingerprint density at radius 2 is 2.24 bits per heavy atom. The molecule has 1 fully saturated rings. The number of aryl methyl sites for hydroxylation is 1. The van der Waals surface area contributed by atoms with Crippen LogP contribution in [-0.2, 0) is 11.8 Å². The number of hydrogen-bond donors (Lipinski definition) is 2. The lowest BCUT2D eigenvalue weighted by molar-refractivity contribution is -0.121. The summed E-state index contributed by atoms with van der Waals surface area (Å²) in [5.74, 6) is 2.54. The number of hydrogen-bond acceptors (Lipinski definition) is 7. The van der Waals surface area contributed by atoms with Crippen LogP contribution < -0.4 is 10.6 Å². The molecule has 1 saturated heterocycles. The largest absolute Gasteiger partial charge is 0.353 e. The summed E-state index contributed by atoms with van der Waals surface area (Å²) in [7, 11) is 1.85. The standard InChI is InChI=1S/C18H17BrN8OS/c1-26-8-10(7-21-26)15-24-16-11-3-2-4-12(19)14(11)23-18(27(16)25-15)22-13-9-29-6-5-20-17(13)28/h2-4,7-8,13H,5-6,9H2,1H3,(H,20,28)(H,22,23)/t13-/m1/s1. The number of fused-ring (bicyclic) bond motifs is 3. The van der Waals surface area contributed by atoms with Crippen molar-refractivity contribution in [3.05, 3.63) is 35.1 Å². The number of halogens is 1. The minimum absolute atomic E-state index is 0.0372. The van der Waals surface area contributed by atoms with E-state index in [1.54, 1.807) is 27.2 Å². The molecule has 1 aromatic carbocycles. The molecule has 1 aliphatic heterocycles. The predicted molar refractivity (Wildman–Crippen MR) is 116 cm³/mol. The summed E-state index contributed by atoms with van der Waals surface area (Å²) < 4.78 is 4.23. The smallest absolute Gasteiger partial charge is 0.243 e. The van der Waals surface area contributed by atoms with E-state index in [1.165, 1.54) is 0 Å². The van der Waals surface area contributed by atoms with Crippen LogP contribution in [0.25, 0.3) is 27.9 Å². The van der Waals surface area contributed by atoms with Crippen LogP contribution in [0.2, 0.25) is 0 Å². The second kappa shape index (κ2) is 7.30. The van der Waals surface area contributed by atoms with Crippen LogP contribution in [0.15, 0.2) is 35.1 Å². The molecule has 4 aromatic rings. The summed E-state index contributed by atoms with van der Waals surface area (Å²) in [6.45, 7) is 0.669. The molecule has 5 rings (SSSR count). The van der Waals surface area contributed by atoms with E-state index in [-0.39, 0.29) is 5.91 Å². The van der Waals surface area contributed by atoms with Crippen LogP contribution in [-0.4, -0.2) is 59.4 Å². The molecule has 3 aromatic heterocycles. The summed E-state index contributed by atoms with van der Waals surface area (Å²) in [5, 5.41) is 15.9. The maximum Gasteiger partial charge on any atom is 0.243 e. The SMILES string of the molecule is Cn1cc(-c2nc3c4cccc(Br)c4nc(N[C@@H]4CSCCNC4=O)n3n2)cn1. The molecule has 1 amide bonds. The minimum atomic E-state index is -0.399. The number of nitrogens with zero attached hydrogens (tertiary/aromatic N) is 6. The normalized spacial score (nSPS) is 17.4. The minimum Gasteiger partial charge on any atom is -0.353 e.